The molecule has 1 aromatic carbocycles. The van der Waals surface area contributed by atoms with Gasteiger partial charge in [0.15, 0.2) is 17.0 Å². The lowest BCUT2D eigenvalue weighted by Crippen LogP contribution is -2.50. The molecule has 0 N–H and O–H groups in total. The fraction of sp³-hybridized carbons (Fsp3) is 0.478. The summed E-state index contributed by atoms with van der Waals surface area (Å²) < 4.78 is 13.9. The van der Waals surface area contributed by atoms with Crippen molar-refractivity contribution in [2.75, 3.05) is 45.3 Å². The Balaban J connectivity index is 1.59. The van der Waals surface area contributed by atoms with E-state index >= 15 is 0 Å². The number of ether oxygens (including phenoxy) is 2. The maximum atomic E-state index is 13.3. The highest BCUT2D eigenvalue weighted by molar-refractivity contribution is 5.95. The zero-order valence-corrected chi connectivity index (χ0v) is 20.0. The van der Waals surface area contributed by atoms with Crippen LogP contribution in [-0.2, 0) is 7.05 Å². The molecule has 176 valence electrons. The molecule has 0 bridgehead atoms. The molecule has 10 heteroatoms. The number of aryl methyl sites for hydroxylation is 2. The maximum Gasteiger partial charge on any atom is 0.281 e. The molecule has 0 unspecified atom stereocenters. The van der Waals surface area contributed by atoms with Gasteiger partial charge in [-0.2, -0.15) is 5.10 Å². The minimum absolute atomic E-state index is 0.0639. The molecule has 10 nitrogen and oxygen atoms in total. The summed E-state index contributed by atoms with van der Waals surface area (Å²) in [6.45, 7) is 7.98. The number of benzene rings is 1. The van der Waals surface area contributed by atoms with Crippen molar-refractivity contribution in [2.24, 2.45) is 7.05 Å². The lowest BCUT2D eigenvalue weighted by molar-refractivity contribution is 0.0745. The van der Waals surface area contributed by atoms with Crippen LogP contribution in [-0.4, -0.2) is 70.5 Å². The zero-order chi connectivity index (χ0) is 23.9. The lowest BCUT2D eigenvalue weighted by atomic mass is 10.1. The van der Waals surface area contributed by atoms with Gasteiger partial charge in [0.25, 0.3) is 11.5 Å². The van der Waals surface area contributed by atoms with E-state index in [1.807, 2.05) is 25.7 Å². The molecular formula is C23H30N6O4. The van der Waals surface area contributed by atoms with Crippen LogP contribution in [0.15, 0.2) is 23.0 Å². The van der Waals surface area contributed by atoms with E-state index < -0.39 is 0 Å². The Bertz CT molecular complexity index is 1250. The van der Waals surface area contributed by atoms with Crippen molar-refractivity contribution in [3.8, 4) is 11.5 Å². The van der Waals surface area contributed by atoms with Crippen molar-refractivity contribution < 1.29 is 14.3 Å². The first-order valence-electron chi connectivity index (χ1n) is 11.0. The number of aromatic nitrogens is 4. The number of carbonyl (C=O) groups is 1. The van der Waals surface area contributed by atoms with Gasteiger partial charge in [-0.3, -0.25) is 18.8 Å². The van der Waals surface area contributed by atoms with E-state index in [2.05, 4.69) is 10.00 Å². The Morgan fingerprint density at radius 1 is 1.06 bits per heavy atom. The second-order valence-corrected chi connectivity index (χ2v) is 8.44. The largest absolute Gasteiger partial charge is 0.493 e. The van der Waals surface area contributed by atoms with Gasteiger partial charge >= 0.3 is 0 Å². The molecule has 1 aliphatic rings. The molecule has 3 heterocycles. The van der Waals surface area contributed by atoms with Crippen LogP contribution in [0.2, 0.25) is 0 Å². The highest BCUT2D eigenvalue weighted by Gasteiger charge is 2.27. The van der Waals surface area contributed by atoms with Crippen LogP contribution in [0, 0.1) is 6.92 Å². The summed E-state index contributed by atoms with van der Waals surface area (Å²) in [4.78, 5) is 35.1. The standard InChI is InChI=1S/C23H30N6O4/c1-14(2)29-22(31)20-19(15(3)25-26(20)4)24-23(29)28-11-9-27(10-12-28)21(30)16-7-8-17(32-5)18(13-16)33-6/h7-8,13-14H,9-12H2,1-6H3. The van der Waals surface area contributed by atoms with Crippen LogP contribution in [0.4, 0.5) is 5.95 Å². The van der Waals surface area contributed by atoms with E-state index in [0.29, 0.717) is 60.2 Å². The van der Waals surface area contributed by atoms with Gasteiger partial charge in [0.2, 0.25) is 5.95 Å². The number of nitrogens with zero attached hydrogens (tertiary/aromatic N) is 6. The summed E-state index contributed by atoms with van der Waals surface area (Å²) in [5.41, 5.74) is 2.30. The number of piperazine rings is 1. The minimum Gasteiger partial charge on any atom is -0.493 e. The highest BCUT2D eigenvalue weighted by atomic mass is 16.5. The summed E-state index contributed by atoms with van der Waals surface area (Å²) in [6.07, 6.45) is 0. The monoisotopic (exact) mass is 454 g/mol. The van der Waals surface area contributed by atoms with Gasteiger partial charge in [-0.05, 0) is 39.0 Å². The Labute approximate surface area is 192 Å². The van der Waals surface area contributed by atoms with E-state index in [9.17, 15) is 9.59 Å². The SMILES string of the molecule is COc1ccc(C(=O)N2CCN(c3nc4c(C)nn(C)c4c(=O)n3C(C)C)CC2)cc1OC. The molecule has 1 amide bonds. The Kier molecular flexibility index (Phi) is 6.01. The van der Waals surface area contributed by atoms with Crippen molar-refractivity contribution in [3.63, 3.8) is 0 Å². The van der Waals surface area contributed by atoms with Crippen molar-refractivity contribution in [2.45, 2.75) is 26.8 Å². The Hall–Kier alpha value is -3.56. The molecule has 4 rings (SSSR count). The number of fused-ring (bicyclic) bond motifs is 1. The maximum absolute atomic E-state index is 13.3. The second kappa shape index (κ2) is 8.76. The molecule has 2 aromatic heterocycles. The zero-order valence-electron chi connectivity index (χ0n) is 20.0. The normalized spacial score (nSPS) is 14.3. The molecule has 0 saturated carbocycles. The molecular weight excluding hydrogens is 424 g/mol. The third-order valence-electron chi connectivity index (χ3n) is 6.04. The smallest absolute Gasteiger partial charge is 0.281 e. The molecule has 0 aliphatic carbocycles. The first kappa shape index (κ1) is 22.6. The van der Waals surface area contributed by atoms with Crippen molar-refractivity contribution in [1.82, 2.24) is 24.2 Å². The van der Waals surface area contributed by atoms with Gasteiger partial charge in [-0.15, -0.1) is 0 Å². The third-order valence-corrected chi connectivity index (χ3v) is 6.04. The molecule has 1 saturated heterocycles. The van der Waals surface area contributed by atoms with E-state index in [1.54, 1.807) is 48.7 Å². The Morgan fingerprint density at radius 2 is 1.73 bits per heavy atom. The van der Waals surface area contributed by atoms with Gasteiger partial charge in [0.05, 0.1) is 19.9 Å². The predicted molar refractivity (Wildman–Crippen MR) is 126 cm³/mol. The topological polar surface area (TPSA) is 94.7 Å². The van der Waals surface area contributed by atoms with Crippen LogP contribution >= 0.6 is 0 Å². The second-order valence-electron chi connectivity index (χ2n) is 8.44. The molecule has 0 spiro atoms. The summed E-state index contributed by atoms with van der Waals surface area (Å²) in [5.74, 6) is 1.66. The summed E-state index contributed by atoms with van der Waals surface area (Å²) in [5, 5.41) is 4.38. The van der Waals surface area contributed by atoms with Gasteiger partial charge in [0, 0.05) is 44.8 Å². The minimum atomic E-state index is -0.100. The molecule has 0 atom stereocenters. The number of carbonyl (C=O) groups excluding carboxylic acids is 1. The van der Waals surface area contributed by atoms with Crippen molar-refractivity contribution >= 4 is 22.9 Å². The summed E-state index contributed by atoms with van der Waals surface area (Å²) in [7, 11) is 4.88. The van der Waals surface area contributed by atoms with Crippen LogP contribution in [0.1, 0.15) is 35.9 Å². The number of hydrogen-bond acceptors (Lipinski definition) is 7. The summed E-state index contributed by atoms with van der Waals surface area (Å²) >= 11 is 0. The average Bonchev–Trinajstić information content (AvgIpc) is 3.11. The third kappa shape index (κ3) is 3.90. The first-order valence-corrected chi connectivity index (χ1v) is 11.0. The fourth-order valence-corrected chi connectivity index (χ4v) is 4.33. The highest BCUT2D eigenvalue weighted by Crippen LogP contribution is 2.28. The molecule has 33 heavy (non-hydrogen) atoms. The Morgan fingerprint density at radius 3 is 2.33 bits per heavy atom. The molecule has 3 aromatic rings. The fourth-order valence-electron chi connectivity index (χ4n) is 4.33. The number of methoxy groups -OCH3 is 2. The number of hydrogen-bond donors (Lipinski definition) is 0. The van der Waals surface area contributed by atoms with Crippen molar-refractivity contribution in [3.05, 3.63) is 39.8 Å². The summed E-state index contributed by atoms with van der Waals surface area (Å²) in [6, 6.07) is 5.11. The van der Waals surface area contributed by atoms with Crippen LogP contribution in [0.3, 0.4) is 0 Å². The first-order chi connectivity index (χ1) is 15.8. The number of amides is 1. The van der Waals surface area contributed by atoms with E-state index in [4.69, 9.17) is 14.5 Å². The number of rotatable bonds is 5. The van der Waals surface area contributed by atoms with Crippen LogP contribution < -0.4 is 19.9 Å². The number of anilines is 1. The quantitative estimate of drug-likeness (QED) is 0.582. The van der Waals surface area contributed by atoms with Gasteiger partial charge in [-0.25, -0.2) is 4.98 Å². The van der Waals surface area contributed by atoms with Crippen molar-refractivity contribution in [1.29, 1.82) is 0 Å². The van der Waals surface area contributed by atoms with Gasteiger partial charge < -0.3 is 19.3 Å². The van der Waals surface area contributed by atoms with Gasteiger partial charge in [0.1, 0.15) is 5.52 Å². The van der Waals surface area contributed by atoms with Crippen LogP contribution in [0.25, 0.3) is 11.0 Å². The average molecular weight is 455 g/mol. The predicted octanol–water partition coefficient (Wildman–Crippen LogP) is 2.00. The van der Waals surface area contributed by atoms with E-state index in [1.165, 1.54) is 0 Å². The molecule has 0 radical (unpaired) electrons. The lowest BCUT2D eigenvalue weighted by Gasteiger charge is -2.36. The van der Waals surface area contributed by atoms with E-state index in [-0.39, 0.29) is 17.5 Å². The molecule has 1 fully saturated rings. The van der Waals surface area contributed by atoms with Gasteiger partial charge in [-0.1, -0.05) is 0 Å². The molecule has 1 aliphatic heterocycles. The van der Waals surface area contributed by atoms with E-state index in [0.717, 1.165) is 5.69 Å². The van der Waals surface area contributed by atoms with Crippen LogP contribution in [0.5, 0.6) is 11.5 Å².